The summed E-state index contributed by atoms with van der Waals surface area (Å²) < 4.78 is 0. The first-order valence-corrected chi connectivity index (χ1v) is 12.5. The number of rotatable bonds is 3. The van der Waals surface area contributed by atoms with E-state index in [1.165, 1.54) is 38.5 Å². The summed E-state index contributed by atoms with van der Waals surface area (Å²) >= 11 is 4.50. The van der Waals surface area contributed by atoms with Gasteiger partial charge in [0.2, 0.25) is 0 Å². The minimum absolute atomic E-state index is 1.14. The molecule has 3 rings (SSSR count). The standard InChI is InChI=1S/C15H27BrSi/c16-17(13-7-1-2-8-13,14-9-3-4-10-14)15-11-5-6-12-15/h13-15H,1-12H2. The molecule has 0 heterocycles. The van der Waals surface area contributed by atoms with Crippen LogP contribution in [0, 0.1) is 0 Å². The van der Waals surface area contributed by atoms with E-state index < -0.39 is 6.69 Å². The molecule has 98 valence electrons. The lowest BCUT2D eigenvalue weighted by atomic mass is 10.3. The monoisotopic (exact) mass is 314 g/mol. The third-order valence-corrected chi connectivity index (χ3v) is 17.3. The van der Waals surface area contributed by atoms with E-state index in [0.717, 1.165) is 16.6 Å². The van der Waals surface area contributed by atoms with Crippen molar-refractivity contribution in [2.45, 2.75) is 93.7 Å². The van der Waals surface area contributed by atoms with Gasteiger partial charge in [-0.2, -0.15) is 0 Å². The molecule has 0 N–H and O–H groups in total. The highest BCUT2D eigenvalue weighted by atomic mass is 79.9. The van der Waals surface area contributed by atoms with Gasteiger partial charge in [-0.15, -0.1) is 15.3 Å². The smallest absolute Gasteiger partial charge is 0.125 e. The molecule has 0 bridgehead atoms. The van der Waals surface area contributed by atoms with Crippen LogP contribution in [-0.2, 0) is 0 Å². The lowest BCUT2D eigenvalue weighted by Gasteiger charge is -2.42. The Morgan fingerprint density at radius 3 is 1.00 bits per heavy atom. The SMILES string of the molecule is Br[Si](C1CCCC1)(C1CCCC1)C1CCCC1. The zero-order valence-corrected chi connectivity index (χ0v) is 13.7. The molecule has 3 aliphatic carbocycles. The van der Waals surface area contributed by atoms with Crippen molar-refractivity contribution in [3.05, 3.63) is 0 Å². The van der Waals surface area contributed by atoms with E-state index >= 15 is 0 Å². The molecule has 3 fully saturated rings. The summed E-state index contributed by atoms with van der Waals surface area (Å²) in [7, 11) is 0. The molecule has 2 heteroatoms. The van der Waals surface area contributed by atoms with Gasteiger partial charge < -0.3 is 0 Å². The molecule has 0 aliphatic heterocycles. The lowest BCUT2D eigenvalue weighted by Crippen LogP contribution is -2.41. The van der Waals surface area contributed by atoms with Gasteiger partial charge in [-0.25, -0.2) is 0 Å². The van der Waals surface area contributed by atoms with Crippen molar-refractivity contribution in [2.75, 3.05) is 0 Å². The van der Waals surface area contributed by atoms with Crippen LogP contribution in [0.25, 0.3) is 0 Å². The van der Waals surface area contributed by atoms with Crippen LogP contribution in [-0.4, -0.2) is 6.69 Å². The van der Waals surface area contributed by atoms with Crippen molar-refractivity contribution >= 4 is 22.0 Å². The van der Waals surface area contributed by atoms with E-state index in [9.17, 15) is 0 Å². The Kier molecular flexibility index (Phi) is 4.01. The zero-order valence-electron chi connectivity index (χ0n) is 11.1. The van der Waals surface area contributed by atoms with E-state index in [1.807, 2.05) is 0 Å². The molecule has 0 nitrogen and oxygen atoms in total. The maximum atomic E-state index is 4.50. The largest absolute Gasteiger partial charge is 0.139 e. The zero-order chi connectivity index (χ0) is 11.7. The van der Waals surface area contributed by atoms with E-state index in [4.69, 9.17) is 0 Å². The third kappa shape index (κ3) is 2.29. The summed E-state index contributed by atoms with van der Waals surface area (Å²) in [6, 6.07) is 0. The van der Waals surface area contributed by atoms with Crippen molar-refractivity contribution in [3.63, 3.8) is 0 Å². The van der Waals surface area contributed by atoms with Crippen LogP contribution >= 0.6 is 15.3 Å². The van der Waals surface area contributed by atoms with Gasteiger partial charge in [0.25, 0.3) is 0 Å². The Labute approximate surface area is 116 Å². The van der Waals surface area contributed by atoms with Crippen LogP contribution in [0.4, 0.5) is 0 Å². The van der Waals surface area contributed by atoms with Gasteiger partial charge in [-0.3, -0.25) is 0 Å². The summed E-state index contributed by atoms with van der Waals surface area (Å²) in [6.45, 7) is -1.14. The molecule has 0 unspecified atom stereocenters. The first kappa shape index (κ1) is 12.7. The van der Waals surface area contributed by atoms with Crippen molar-refractivity contribution in [1.29, 1.82) is 0 Å². The number of hydrogen-bond donors (Lipinski definition) is 0. The highest BCUT2D eigenvalue weighted by molar-refractivity contribution is 9.26. The lowest BCUT2D eigenvalue weighted by molar-refractivity contribution is 0.702. The second-order valence-corrected chi connectivity index (χ2v) is 15.0. The quantitative estimate of drug-likeness (QED) is 0.432. The maximum Gasteiger partial charge on any atom is 0.139 e. The van der Waals surface area contributed by atoms with Crippen LogP contribution in [0.3, 0.4) is 0 Å². The molecule has 3 saturated carbocycles. The number of halogens is 1. The Morgan fingerprint density at radius 2 is 0.765 bits per heavy atom. The van der Waals surface area contributed by atoms with E-state index in [-0.39, 0.29) is 0 Å². The van der Waals surface area contributed by atoms with Crippen molar-refractivity contribution in [2.24, 2.45) is 0 Å². The fraction of sp³-hybridized carbons (Fsp3) is 1.00. The molecule has 0 aromatic rings. The minimum Gasteiger partial charge on any atom is -0.125 e. The third-order valence-electron chi connectivity index (χ3n) is 5.94. The van der Waals surface area contributed by atoms with Gasteiger partial charge in [0.15, 0.2) is 0 Å². The fourth-order valence-corrected chi connectivity index (χ4v) is 15.1. The summed E-state index contributed by atoms with van der Waals surface area (Å²) in [5, 5.41) is 0. The van der Waals surface area contributed by atoms with Gasteiger partial charge in [-0.1, -0.05) is 77.0 Å². The molecule has 0 spiro atoms. The second kappa shape index (κ2) is 5.36. The van der Waals surface area contributed by atoms with Crippen LogP contribution < -0.4 is 0 Å². The molecule has 0 saturated heterocycles. The summed E-state index contributed by atoms with van der Waals surface area (Å²) in [6.07, 6.45) is 18.6. The first-order valence-electron chi connectivity index (χ1n) is 8.00. The van der Waals surface area contributed by atoms with Gasteiger partial charge in [0.1, 0.15) is 6.69 Å². The maximum absolute atomic E-state index is 4.50. The molecule has 17 heavy (non-hydrogen) atoms. The van der Waals surface area contributed by atoms with Gasteiger partial charge in [0.05, 0.1) is 0 Å². The van der Waals surface area contributed by atoms with Gasteiger partial charge >= 0.3 is 0 Å². The van der Waals surface area contributed by atoms with Gasteiger partial charge in [0, 0.05) is 0 Å². The van der Waals surface area contributed by atoms with Crippen molar-refractivity contribution in [3.8, 4) is 0 Å². The summed E-state index contributed by atoms with van der Waals surface area (Å²) in [5.41, 5.74) is 3.44. The average molecular weight is 315 g/mol. The second-order valence-electron chi connectivity index (χ2n) is 6.77. The highest BCUT2D eigenvalue weighted by Gasteiger charge is 2.52. The number of hydrogen-bond acceptors (Lipinski definition) is 0. The Balaban J connectivity index is 1.81. The van der Waals surface area contributed by atoms with Crippen molar-refractivity contribution in [1.82, 2.24) is 0 Å². The average Bonchev–Trinajstić information content (AvgIpc) is 3.10. The van der Waals surface area contributed by atoms with E-state index in [2.05, 4.69) is 15.3 Å². The molecule has 0 atom stereocenters. The molecular formula is C15H27BrSi. The Hall–Kier alpha value is 0.697. The van der Waals surface area contributed by atoms with E-state index in [1.54, 1.807) is 38.5 Å². The summed E-state index contributed by atoms with van der Waals surface area (Å²) in [4.78, 5) is 0. The summed E-state index contributed by atoms with van der Waals surface area (Å²) in [5.74, 6) is 0. The molecule has 0 radical (unpaired) electrons. The van der Waals surface area contributed by atoms with Crippen LogP contribution in [0.5, 0.6) is 0 Å². The van der Waals surface area contributed by atoms with Crippen LogP contribution in [0.2, 0.25) is 16.6 Å². The Morgan fingerprint density at radius 1 is 0.529 bits per heavy atom. The molecule has 0 aromatic carbocycles. The van der Waals surface area contributed by atoms with Crippen LogP contribution in [0.15, 0.2) is 0 Å². The van der Waals surface area contributed by atoms with E-state index in [0.29, 0.717) is 0 Å². The highest BCUT2D eigenvalue weighted by Crippen LogP contribution is 2.61. The predicted octanol–water partition coefficient (Wildman–Crippen LogP) is 6.16. The fourth-order valence-electron chi connectivity index (χ4n) is 5.10. The molecule has 0 aromatic heterocycles. The Bertz CT molecular complexity index is 207. The first-order chi connectivity index (χ1) is 8.32. The molecule has 3 aliphatic rings. The topological polar surface area (TPSA) is 0 Å². The normalized spacial score (nSPS) is 29.5. The molecular weight excluding hydrogens is 288 g/mol. The predicted molar refractivity (Wildman–Crippen MR) is 81.3 cm³/mol. The minimum atomic E-state index is -1.14. The molecule has 0 amide bonds. The van der Waals surface area contributed by atoms with Gasteiger partial charge in [-0.05, 0) is 16.6 Å². The van der Waals surface area contributed by atoms with Crippen LogP contribution in [0.1, 0.15) is 77.0 Å². The van der Waals surface area contributed by atoms with Crippen molar-refractivity contribution < 1.29 is 0 Å².